The van der Waals surface area contributed by atoms with Gasteiger partial charge in [-0.3, -0.25) is 9.59 Å². The van der Waals surface area contributed by atoms with Gasteiger partial charge < -0.3 is 20.3 Å². The first-order valence-corrected chi connectivity index (χ1v) is 39.6. The Kier molecular flexibility index (Phi) is 74.9. The van der Waals surface area contributed by atoms with E-state index in [4.69, 9.17) is 4.74 Å². The first-order valence-electron chi connectivity index (χ1n) is 39.6. The number of aliphatic hydroxyl groups is 2. The Bertz CT molecular complexity index is 1520. The molecule has 0 rings (SSSR count). The summed E-state index contributed by atoms with van der Waals surface area (Å²) in [5.41, 5.74) is 0. The number of nitrogens with one attached hydrogen (secondary N) is 1. The van der Waals surface area contributed by atoms with Crippen LogP contribution in [0.2, 0.25) is 0 Å². The molecule has 2 atom stereocenters. The van der Waals surface area contributed by atoms with Crippen molar-refractivity contribution >= 4 is 11.9 Å². The monoisotopic (exact) mass is 1230 g/mol. The number of ether oxygens (including phenoxy) is 1. The van der Waals surface area contributed by atoms with Crippen LogP contribution in [-0.4, -0.2) is 47.4 Å². The fourth-order valence-corrected chi connectivity index (χ4v) is 12.2. The van der Waals surface area contributed by atoms with Crippen LogP contribution in [-0.2, 0) is 14.3 Å². The molecule has 6 heteroatoms. The Morgan fingerprint density at radius 3 is 0.886 bits per heavy atom. The number of esters is 1. The SMILES string of the molecule is CCCCC/C=C\C/C=C\CCCCCCCC(=O)OCCCCCCCCCCCCCCCCC/C=C\C/C=C\CCCCCCCCCCCCCCCCCCCC(=O)NC(CO)C(O)/C=C/CCCCCCCCCCCCCCCCC. The van der Waals surface area contributed by atoms with Crippen molar-refractivity contribution in [3.63, 3.8) is 0 Å². The first kappa shape index (κ1) is 85.6. The van der Waals surface area contributed by atoms with Crippen LogP contribution in [0.15, 0.2) is 60.8 Å². The van der Waals surface area contributed by atoms with E-state index in [1.807, 2.05) is 6.08 Å². The van der Waals surface area contributed by atoms with Crippen LogP contribution in [0.5, 0.6) is 0 Å². The van der Waals surface area contributed by atoms with Crippen molar-refractivity contribution in [1.82, 2.24) is 5.32 Å². The van der Waals surface area contributed by atoms with Gasteiger partial charge in [-0.2, -0.15) is 0 Å². The maximum absolute atomic E-state index is 12.5. The van der Waals surface area contributed by atoms with Gasteiger partial charge in [0.1, 0.15) is 0 Å². The quantitative estimate of drug-likeness (QED) is 0.0320. The molecule has 0 aromatic rings. The molecule has 88 heavy (non-hydrogen) atoms. The molecule has 0 aliphatic rings. The largest absolute Gasteiger partial charge is 0.466 e. The minimum absolute atomic E-state index is 0.00617. The summed E-state index contributed by atoms with van der Waals surface area (Å²) in [6.07, 6.45) is 103. The van der Waals surface area contributed by atoms with Crippen LogP contribution in [0.1, 0.15) is 425 Å². The summed E-state index contributed by atoms with van der Waals surface area (Å²) in [7, 11) is 0. The Balaban J connectivity index is 3.37. The fourth-order valence-electron chi connectivity index (χ4n) is 12.2. The number of carbonyl (C=O) groups excluding carboxylic acids is 2. The van der Waals surface area contributed by atoms with Crippen LogP contribution < -0.4 is 5.32 Å². The van der Waals surface area contributed by atoms with E-state index in [0.717, 1.165) is 57.8 Å². The van der Waals surface area contributed by atoms with E-state index < -0.39 is 12.1 Å². The minimum Gasteiger partial charge on any atom is -0.466 e. The lowest BCUT2D eigenvalue weighted by Gasteiger charge is -2.20. The molecule has 0 aromatic heterocycles. The highest BCUT2D eigenvalue weighted by Crippen LogP contribution is 2.19. The molecule has 1 amide bonds. The molecule has 0 aliphatic heterocycles. The zero-order valence-corrected chi connectivity index (χ0v) is 59.2. The number of hydrogen-bond donors (Lipinski definition) is 3. The van der Waals surface area contributed by atoms with Crippen LogP contribution in [0.25, 0.3) is 0 Å². The smallest absolute Gasteiger partial charge is 0.305 e. The van der Waals surface area contributed by atoms with Gasteiger partial charge in [-0.05, 0) is 96.3 Å². The number of amides is 1. The number of carbonyl (C=O) groups is 2. The predicted octanol–water partition coefficient (Wildman–Crippen LogP) is 26.2. The Hall–Kier alpha value is -2.44. The van der Waals surface area contributed by atoms with E-state index in [9.17, 15) is 19.8 Å². The van der Waals surface area contributed by atoms with E-state index in [2.05, 4.69) is 67.8 Å². The van der Waals surface area contributed by atoms with Gasteiger partial charge in [0.15, 0.2) is 0 Å². The molecule has 0 fully saturated rings. The summed E-state index contributed by atoms with van der Waals surface area (Å²) in [6, 6.07) is -0.627. The maximum atomic E-state index is 12.5. The summed E-state index contributed by atoms with van der Waals surface area (Å²) < 4.78 is 5.49. The molecular weight excluding hydrogens is 1080 g/mol. The molecule has 0 aromatic carbocycles. The zero-order chi connectivity index (χ0) is 63.5. The average Bonchev–Trinajstić information content (AvgIpc) is 3.58. The first-order chi connectivity index (χ1) is 43.5. The molecule has 0 spiro atoms. The highest BCUT2D eigenvalue weighted by molar-refractivity contribution is 5.76. The molecule has 0 aliphatic carbocycles. The summed E-state index contributed by atoms with van der Waals surface area (Å²) in [4.78, 5) is 24.6. The molecular formula is C82H153NO5. The van der Waals surface area contributed by atoms with Crippen molar-refractivity contribution in [2.24, 2.45) is 0 Å². The molecule has 0 saturated carbocycles. The van der Waals surface area contributed by atoms with Crippen LogP contribution >= 0.6 is 0 Å². The second kappa shape index (κ2) is 77.0. The van der Waals surface area contributed by atoms with E-state index in [1.165, 1.54) is 340 Å². The molecule has 0 bridgehead atoms. The highest BCUT2D eigenvalue weighted by Gasteiger charge is 2.18. The Labute approximate surface area is 549 Å². The molecule has 3 N–H and O–H groups in total. The van der Waals surface area contributed by atoms with Crippen molar-refractivity contribution in [3.8, 4) is 0 Å². The van der Waals surface area contributed by atoms with Gasteiger partial charge in [0, 0.05) is 12.8 Å². The maximum Gasteiger partial charge on any atom is 0.305 e. The minimum atomic E-state index is -0.843. The van der Waals surface area contributed by atoms with E-state index in [0.29, 0.717) is 19.4 Å². The fraction of sp³-hybridized carbons (Fsp3) is 0.854. The lowest BCUT2D eigenvalue weighted by molar-refractivity contribution is -0.143. The van der Waals surface area contributed by atoms with Crippen molar-refractivity contribution in [3.05, 3.63) is 60.8 Å². The van der Waals surface area contributed by atoms with Crippen molar-refractivity contribution in [1.29, 1.82) is 0 Å². The zero-order valence-electron chi connectivity index (χ0n) is 59.2. The summed E-state index contributed by atoms with van der Waals surface area (Å²) in [6.45, 7) is 4.90. The number of allylic oxidation sites excluding steroid dienone is 9. The third kappa shape index (κ3) is 72.6. The van der Waals surface area contributed by atoms with Gasteiger partial charge in [0.2, 0.25) is 5.91 Å². The Morgan fingerprint density at radius 1 is 0.318 bits per heavy atom. The van der Waals surface area contributed by atoms with E-state index >= 15 is 0 Å². The Morgan fingerprint density at radius 2 is 0.568 bits per heavy atom. The average molecular weight is 1230 g/mol. The number of unbranched alkanes of at least 4 members (excludes halogenated alkanes) is 55. The summed E-state index contributed by atoms with van der Waals surface area (Å²) >= 11 is 0. The lowest BCUT2D eigenvalue weighted by atomic mass is 10.0. The van der Waals surface area contributed by atoms with Gasteiger partial charge in [-0.25, -0.2) is 0 Å². The van der Waals surface area contributed by atoms with Crippen molar-refractivity contribution < 1.29 is 24.5 Å². The molecule has 516 valence electrons. The number of hydrogen-bond acceptors (Lipinski definition) is 5. The summed E-state index contributed by atoms with van der Waals surface area (Å²) in [5, 5.41) is 23.2. The summed E-state index contributed by atoms with van der Waals surface area (Å²) in [5.74, 6) is -0.0559. The molecule has 0 saturated heterocycles. The van der Waals surface area contributed by atoms with Crippen molar-refractivity contribution in [2.45, 2.75) is 437 Å². The third-order valence-electron chi connectivity index (χ3n) is 18.3. The normalized spacial score (nSPS) is 12.8. The standard InChI is InChI=1S/C82H153NO5/c1-3-5-7-9-11-13-15-17-19-43-47-50-54-58-62-66-70-74-80(85)79(78-84)83-81(86)75-71-67-63-59-55-51-48-44-41-39-37-35-33-31-29-27-25-23-21-20-22-24-26-28-30-32-34-36-38-40-42-45-49-53-57-61-65-69-73-77-88-82(87)76-72-68-64-60-56-52-46-18-16-14-12-10-8-6-4-2/h12,14,18,20-21,24,26,46,70,74,79-80,84-85H,3-11,13,15-17,19,22-23,25,27-45,47-69,71-73,75-78H2,1-2H3,(H,83,86)/b14-12-,21-20-,26-24-,46-18-,74-70+. The van der Waals surface area contributed by atoms with Crippen LogP contribution in [0.4, 0.5) is 0 Å². The lowest BCUT2D eigenvalue weighted by Crippen LogP contribution is -2.45. The predicted molar refractivity (Wildman–Crippen MR) is 389 cm³/mol. The second-order valence-corrected chi connectivity index (χ2v) is 27.0. The number of aliphatic hydroxyl groups excluding tert-OH is 2. The van der Waals surface area contributed by atoms with Crippen molar-refractivity contribution in [2.75, 3.05) is 13.2 Å². The van der Waals surface area contributed by atoms with Gasteiger partial charge in [-0.1, -0.05) is 376 Å². The molecule has 2 unspecified atom stereocenters. The van der Waals surface area contributed by atoms with E-state index in [-0.39, 0.29) is 18.5 Å². The van der Waals surface area contributed by atoms with E-state index in [1.54, 1.807) is 6.08 Å². The number of rotatable bonds is 74. The van der Waals surface area contributed by atoms with Gasteiger partial charge >= 0.3 is 5.97 Å². The van der Waals surface area contributed by atoms with Crippen LogP contribution in [0, 0.1) is 0 Å². The van der Waals surface area contributed by atoms with Crippen LogP contribution in [0.3, 0.4) is 0 Å². The third-order valence-corrected chi connectivity index (χ3v) is 18.3. The molecule has 0 heterocycles. The second-order valence-electron chi connectivity index (χ2n) is 27.0. The topological polar surface area (TPSA) is 95.9 Å². The molecule has 6 nitrogen and oxygen atoms in total. The van der Waals surface area contributed by atoms with Gasteiger partial charge in [0.05, 0.1) is 25.4 Å². The highest BCUT2D eigenvalue weighted by atomic mass is 16.5. The van der Waals surface area contributed by atoms with Gasteiger partial charge in [0.25, 0.3) is 0 Å². The van der Waals surface area contributed by atoms with Gasteiger partial charge in [-0.15, -0.1) is 0 Å². The molecule has 0 radical (unpaired) electrons.